The van der Waals surface area contributed by atoms with Crippen LogP contribution in [0.3, 0.4) is 0 Å². The molecule has 1 aromatic carbocycles. The predicted octanol–water partition coefficient (Wildman–Crippen LogP) is 6.16. The van der Waals surface area contributed by atoms with E-state index in [1.165, 1.54) is 25.3 Å². The minimum atomic E-state index is -1.53. The molecule has 2 aliphatic rings. The number of hydrogen-bond acceptors (Lipinski definition) is 6. The topological polar surface area (TPSA) is 110 Å². The summed E-state index contributed by atoms with van der Waals surface area (Å²) in [6, 6.07) is 1.20. The monoisotopic (exact) mass is 498 g/mol. The summed E-state index contributed by atoms with van der Waals surface area (Å²) in [4.78, 5) is 38.6. The van der Waals surface area contributed by atoms with E-state index in [1.807, 2.05) is 0 Å². The molecule has 1 atom stereocenters. The number of hydrogen-bond donors (Lipinski definition) is 2. The van der Waals surface area contributed by atoms with Gasteiger partial charge in [0.2, 0.25) is 0 Å². The molecule has 196 valence electrons. The van der Waals surface area contributed by atoms with E-state index in [2.05, 4.69) is 13.8 Å². The second-order valence-corrected chi connectivity index (χ2v) is 9.68. The number of methoxy groups -OCH3 is 1. The van der Waals surface area contributed by atoms with Crippen LogP contribution in [-0.2, 0) is 26.2 Å². The molecule has 2 N–H and O–H groups in total. The Hall–Kier alpha value is -3.09. The quantitative estimate of drug-likeness (QED) is 0.179. The van der Waals surface area contributed by atoms with Gasteiger partial charge in [-0.15, -0.1) is 0 Å². The summed E-state index contributed by atoms with van der Waals surface area (Å²) in [5.41, 5.74) is -0.440. The van der Waals surface area contributed by atoms with Crippen LogP contribution in [0, 0.1) is 0 Å². The lowest BCUT2D eigenvalue weighted by molar-refractivity contribution is -0.137. The Morgan fingerprint density at radius 3 is 2.14 bits per heavy atom. The third kappa shape index (κ3) is 5.20. The van der Waals surface area contributed by atoms with Crippen molar-refractivity contribution in [2.24, 2.45) is 0 Å². The molecule has 36 heavy (non-hydrogen) atoms. The molecule has 1 aromatic rings. The number of carbonyl (C=O) groups is 3. The van der Waals surface area contributed by atoms with Crippen molar-refractivity contribution in [3.8, 4) is 11.5 Å². The van der Waals surface area contributed by atoms with Gasteiger partial charge in [0.25, 0.3) is 0 Å². The van der Waals surface area contributed by atoms with Crippen molar-refractivity contribution >= 4 is 17.7 Å². The maximum absolute atomic E-state index is 13.7. The summed E-state index contributed by atoms with van der Waals surface area (Å²) in [6.07, 6.45) is 13.3. The van der Waals surface area contributed by atoms with E-state index >= 15 is 0 Å². The van der Waals surface area contributed by atoms with Crippen molar-refractivity contribution < 1.29 is 34.1 Å². The van der Waals surface area contributed by atoms with Crippen LogP contribution in [-0.4, -0.2) is 35.0 Å². The molecular weight excluding hydrogens is 460 g/mol. The summed E-state index contributed by atoms with van der Waals surface area (Å²) in [7, 11) is 1.40. The third-order valence-electron chi connectivity index (χ3n) is 7.21. The largest absolute Gasteiger partial charge is 0.507 e. The van der Waals surface area contributed by atoms with Gasteiger partial charge in [-0.2, -0.15) is 0 Å². The third-order valence-corrected chi connectivity index (χ3v) is 7.21. The van der Waals surface area contributed by atoms with E-state index in [1.54, 1.807) is 0 Å². The predicted molar refractivity (Wildman–Crippen MR) is 136 cm³/mol. The summed E-state index contributed by atoms with van der Waals surface area (Å²) in [5, 5.41) is 20.6. The van der Waals surface area contributed by atoms with Gasteiger partial charge >= 0.3 is 11.9 Å². The molecule has 0 saturated carbocycles. The average Bonchev–Trinajstić information content (AvgIpc) is 3.12. The van der Waals surface area contributed by atoms with Crippen LogP contribution in [0.4, 0.5) is 0 Å². The number of phenols is 1. The molecule has 0 radical (unpaired) electrons. The van der Waals surface area contributed by atoms with Crippen LogP contribution in [0.5, 0.6) is 11.5 Å². The first kappa shape index (κ1) is 27.5. The van der Waals surface area contributed by atoms with E-state index in [9.17, 15) is 24.6 Å². The van der Waals surface area contributed by atoms with E-state index in [0.29, 0.717) is 36.0 Å². The Labute approximate surface area is 213 Å². The Bertz CT molecular complexity index is 1070. The van der Waals surface area contributed by atoms with Crippen molar-refractivity contribution in [3.05, 3.63) is 46.2 Å². The lowest BCUT2D eigenvalue weighted by Crippen LogP contribution is -2.42. The van der Waals surface area contributed by atoms with Crippen molar-refractivity contribution in [2.45, 2.75) is 96.3 Å². The Morgan fingerprint density at radius 1 is 0.944 bits per heavy atom. The van der Waals surface area contributed by atoms with Crippen molar-refractivity contribution in [3.63, 3.8) is 0 Å². The number of ether oxygens (including phenoxy) is 2. The van der Waals surface area contributed by atoms with E-state index in [0.717, 1.165) is 57.8 Å². The van der Waals surface area contributed by atoms with Gasteiger partial charge in [0, 0.05) is 17.7 Å². The van der Waals surface area contributed by atoms with Crippen LogP contribution in [0.25, 0.3) is 0 Å². The van der Waals surface area contributed by atoms with Crippen molar-refractivity contribution in [1.29, 1.82) is 0 Å². The highest BCUT2D eigenvalue weighted by Crippen LogP contribution is 2.55. The normalized spacial score (nSPS) is 18.6. The first-order chi connectivity index (χ1) is 17.3. The number of unbranched alkanes of at least 4 members (excludes halogenated alkanes) is 8. The highest BCUT2D eigenvalue weighted by atomic mass is 16.5. The molecule has 3 rings (SSSR count). The first-order valence-electron chi connectivity index (χ1n) is 13.2. The van der Waals surface area contributed by atoms with Gasteiger partial charge < -0.3 is 19.7 Å². The number of rotatable bonds is 14. The molecule has 7 heteroatoms. The van der Waals surface area contributed by atoms with Gasteiger partial charge in [0.15, 0.2) is 11.2 Å². The summed E-state index contributed by atoms with van der Waals surface area (Å²) < 4.78 is 11.3. The Balaban J connectivity index is 2.15. The fourth-order valence-corrected chi connectivity index (χ4v) is 5.48. The molecular formula is C29H38O7. The summed E-state index contributed by atoms with van der Waals surface area (Å²) in [5.74, 6) is -2.35. The summed E-state index contributed by atoms with van der Waals surface area (Å²) in [6.45, 7) is 4.26. The molecule has 1 aliphatic carbocycles. The zero-order valence-electron chi connectivity index (χ0n) is 21.7. The van der Waals surface area contributed by atoms with Crippen LogP contribution in [0.15, 0.2) is 29.6 Å². The molecule has 1 heterocycles. The van der Waals surface area contributed by atoms with Crippen molar-refractivity contribution in [2.75, 3.05) is 7.11 Å². The Kier molecular flexibility index (Phi) is 9.35. The van der Waals surface area contributed by atoms with Crippen LogP contribution >= 0.6 is 0 Å². The molecule has 7 nitrogen and oxygen atoms in total. The second kappa shape index (κ2) is 12.2. The minimum absolute atomic E-state index is 0.125. The number of ketones is 1. The molecule has 1 spiro atoms. The van der Waals surface area contributed by atoms with Gasteiger partial charge in [0.1, 0.15) is 22.8 Å². The number of aromatic hydroxyl groups is 1. The number of carboxylic acids is 1. The molecule has 0 fully saturated rings. The van der Waals surface area contributed by atoms with Gasteiger partial charge in [-0.1, -0.05) is 65.2 Å². The number of carbonyl (C=O) groups excluding carboxylic acids is 2. The zero-order chi connectivity index (χ0) is 26.3. The number of fused-ring (bicyclic) bond motifs is 2. The molecule has 1 aliphatic heterocycles. The number of allylic oxidation sites excluding steroid dienone is 2. The number of aromatic carboxylic acids is 1. The van der Waals surface area contributed by atoms with Gasteiger partial charge in [-0.3, -0.25) is 4.79 Å². The maximum atomic E-state index is 13.7. The lowest BCUT2D eigenvalue weighted by atomic mass is 9.66. The fraction of sp³-hybridized carbons (Fsp3) is 0.552. The molecule has 0 bridgehead atoms. The zero-order valence-corrected chi connectivity index (χ0v) is 21.7. The van der Waals surface area contributed by atoms with Crippen molar-refractivity contribution in [1.82, 2.24) is 0 Å². The van der Waals surface area contributed by atoms with E-state index in [-0.39, 0.29) is 22.9 Å². The van der Waals surface area contributed by atoms with Gasteiger partial charge in [-0.25, -0.2) is 9.59 Å². The molecule has 0 saturated heterocycles. The number of carboxylic acid groups (broad SMARTS) is 1. The molecule has 1 unspecified atom stereocenters. The average molecular weight is 499 g/mol. The highest BCUT2D eigenvalue weighted by molar-refractivity contribution is 6.09. The number of benzene rings is 1. The summed E-state index contributed by atoms with van der Waals surface area (Å²) >= 11 is 0. The highest BCUT2D eigenvalue weighted by Gasteiger charge is 2.59. The first-order valence-corrected chi connectivity index (χ1v) is 13.2. The van der Waals surface area contributed by atoms with Gasteiger partial charge in [-0.05, 0) is 42.9 Å². The van der Waals surface area contributed by atoms with Crippen LogP contribution < -0.4 is 4.74 Å². The van der Waals surface area contributed by atoms with Crippen LogP contribution in [0.1, 0.15) is 106 Å². The minimum Gasteiger partial charge on any atom is -0.507 e. The standard InChI is InChI=1S/C29H38O7/c1-4-6-8-10-12-14-19-16-20(30)17-24(35-3)29(19)26-21(15-13-11-9-7-5-2)25(27(32)33)22(31)18-23(26)36-28(29)34/h16-18,31H,4-15H2,1-3H3,(H,32,33). The Morgan fingerprint density at radius 2 is 1.56 bits per heavy atom. The van der Waals surface area contributed by atoms with Crippen LogP contribution in [0.2, 0.25) is 0 Å². The SMILES string of the molecule is CCCCCCCC1=CC(=O)C=C(OC)C12C(=O)Oc1cc(O)c(C(=O)O)c(CCCCCCC)c12. The molecule has 0 aromatic heterocycles. The van der Waals surface area contributed by atoms with E-state index in [4.69, 9.17) is 9.47 Å². The van der Waals surface area contributed by atoms with Gasteiger partial charge in [0.05, 0.1) is 7.11 Å². The molecule has 0 amide bonds. The van der Waals surface area contributed by atoms with E-state index < -0.39 is 23.1 Å². The second-order valence-electron chi connectivity index (χ2n) is 9.68. The smallest absolute Gasteiger partial charge is 0.339 e. The lowest BCUT2D eigenvalue weighted by Gasteiger charge is -2.34. The maximum Gasteiger partial charge on any atom is 0.339 e. The fourth-order valence-electron chi connectivity index (χ4n) is 5.48. The number of esters is 1.